The maximum Gasteiger partial charge on any atom is 0.248 e. The molecule has 1 heterocycles. The Bertz CT molecular complexity index is 657. The van der Waals surface area contributed by atoms with Gasteiger partial charge in [0.05, 0.1) is 0 Å². The summed E-state index contributed by atoms with van der Waals surface area (Å²) in [5.74, 6) is -0.0186. The van der Waals surface area contributed by atoms with E-state index in [4.69, 9.17) is 0 Å². The lowest BCUT2D eigenvalue weighted by molar-refractivity contribution is -0.134. The van der Waals surface area contributed by atoms with E-state index in [1.807, 2.05) is 30.3 Å². The van der Waals surface area contributed by atoms with Crippen LogP contribution in [0.15, 0.2) is 36.4 Å². The maximum atomic E-state index is 13.0. The fourth-order valence-electron chi connectivity index (χ4n) is 3.97. The predicted molar refractivity (Wildman–Crippen MR) is 93.1 cm³/mol. The van der Waals surface area contributed by atoms with Crippen molar-refractivity contribution < 1.29 is 9.59 Å². The summed E-state index contributed by atoms with van der Waals surface area (Å²) in [5, 5.41) is 3.22. The van der Waals surface area contributed by atoms with Crippen LogP contribution in [0.25, 0.3) is 5.57 Å². The number of hydrogen-bond acceptors (Lipinski definition) is 2. The van der Waals surface area contributed by atoms with Gasteiger partial charge in [-0.25, -0.2) is 0 Å². The van der Waals surface area contributed by atoms with E-state index in [1.165, 1.54) is 19.3 Å². The molecule has 2 aliphatic carbocycles. The zero-order valence-electron chi connectivity index (χ0n) is 13.9. The smallest absolute Gasteiger partial charge is 0.248 e. The van der Waals surface area contributed by atoms with Crippen molar-refractivity contribution in [3.63, 3.8) is 0 Å². The molecule has 1 atom stereocenters. The molecule has 0 saturated heterocycles. The number of nitrogens with zero attached hydrogens (tertiary/aromatic N) is 1. The third-order valence-electron chi connectivity index (χ3n) is 5.35. The highest BCUT2D eigenvalue weighted by molar-refractivity contribution is 6.11. The summed E-state index contributed by atoms with van der Waals surface area (Å²) in [6.45, 7) is 0. The van der Waals surface area contributed by atoms with Crippen LogP contribution in [0.1, 0.15) is 50.5 Å². The molecule has 0 spiro atoms. The van der Waals surface area contributed by atoms with Gasteiger partial charge in [-0.15, -0.1) is 0 Å². The van der Waals surface area contributed by atoms with Crippen LogP contribution < -0.4 is 5.32 Å². The molecule has 0 aromatic heterocycles. The topological polar surface area (TPSA) is 49.4 Å². The maximum absolute atomic E-state index is 13.0. The van der Waals surface area contributed by atoms with Crippen LogP contribution in [0.3, 0.4) is 0 Å². The van der Waals surface area contributed by atoms with Crippen LogP contribution in [0.5, 0.6) is 0 Å². The first-order valence-corrected chi connectivity index (χ1v) is 9.14. The molecule has 126 valence electrons. The van der Waals surface area contributed by atoms with Crippen LogP contribution in [0.2, 0.25) is 0 Å². The lowest BCUT2D eigenvalue weighted by Crippen LogP contribution is -2.50. The van der Waals surface area contributed by atoms with E-state index in [0.717, 1.165) is 36.8 Å². The van der Waals surface area contributed by atoms with Gasteiger partial charge in [-0.05, 0) is 36.8 Å². The summed E-state index contributed by atoms with van der Waals surface area (Å²) in [6, 6.07) is 9.86. The van der Waals surface area contributed by atoms with Gasteiger partial charge in [-0.2, -0.15) is 0 Å². The van der Waals surface area contributed by atoms with E-state index in [0.29, 0.717) is 0 Å². The molecule has 4 heteroatoms. The fourth-order valence-corrected chi connectivity index (χ4v) is 3.97. The molecule has 1 aliphatic heterocycles. The highest BCUT2D eigenvalue weighted by Crippen LogP contribution is 2.38. The van der Waals surface area contributed by atoms with Gasteiger partial charge in [0.2, 0.25) is 11.8 Å². The first-order valence-electron chi connectivity index (χ1n) is 9.14. The molecule has 24 heavy (non-hydrogen) atoms. The third-order valence-corrected chi connectivity index (χ3v) is 5.35. The summed E-state index contributed by atoms with van der Waals surface area (Å²) in [5.41, 5.74) is 1.82. The van der Waals surface area contributed by atoms with E-state index >= 15 is 0 Å². The Labute approximate surface area is 142 Å². The second-order valence-electron chi connectivity index (χ2n) is 7.19. The largest absolute Gasteiger partial charge is 0.351 e. The van der Waals surface area contributed by atoms with Crippen molar-refractivity contribution in [2.75, 3.05) is 0 Å². The molecule has 1 aromatic carbocycles. The molecule has 1 aromatic rings. The second kappa shape index (κ2) is 6.42. The normalized spacial score (nSPS) is 24.8. The summed E-state index contributed by atoms with van der Waals surface area (Å²) in [6.07, 6.45) is 9.42. The standard InChI is InChI=1S/C20H24N2O2/c23-18-13-17(14-7-3-1-4-8-14)19(22(18)16-11-12-16)20(24)21-15-9-5-2-6-10-15/h1,3-4,7-8,13,15-16,19H,2,5-6,9-12H2,(H,21,24). The van der Waals surface area contributed by atoms with Crippen LogP contribution in [0, 0.1) is 0 Å². The third kappa shape index (κ3) is 2.97. The molecular formula is C20H24N2O2. The first-order chi connectivity index (χ1) is 11.7. The van der Waals surface area contributed by atoms with Gasteiger partial charge >= 0.3 is 0 Å². The van der Waals surface area contributed by atoms with Crippen LogP contribution in [-0.2, 0) is 9.59 Å². The average molecular weight is 324 g/mol. The lowest BCUT2D eigenvalue weighted by Gasteiger charge is -2.30. The number of benzene rings is 1. The van der Waals surface area contributed by atoms with E-state index in [9.17, 15) is 9.59 Å². The van der Waals surface area contributed by atoms with Gasteiger partial charge < -0.3 is 10.2 Å². The van der Waals surface area contributed by atoms with Crippen molar-refractivity contribution in [3.8, 4) is 0 Å². The predicted octanol–water partition coefficient (Wildman–Crippen LogP) is 2.89. The molecule has 1 N–H and O–H groups in total. The molecule has 2 fully saturated rings. The molecule has 1 unspecified atom stereocenters. The molecule has 4 rings (SSSR count). The van der Waals surface area contributed by atoms with E-state index in [-0.39, 0.29) is 23.9 Å². The zero-order chi connectivity index (χ0) is 16.5. The van der Waals surface area contributed by atoms with Gasteiger partial charge in [0, 0.05) is 18.2 Å². The molecular weight excluding hydrogens is 300 g/mol. The quantitative estimate of drug-likeness (QED) is 0.926. The van der Waals surface area contributed by atoms with Crippen LogP contribution in [0.4, 0.5) is 0 Å². The van der Waals surface area contributed by atoms with E-state index < -0.39 is 6.04 Å². The minimum absolute atomic E-state index is 0.00486. The van der Waals surface area contributed by atoms with Crippen LogP contribution in [-0.4, -0.2) is 34.8 Å². The number of carbonyl (C=O) groups is 2. The van der Waals surface area contributed by atoms with E-state index in [2.05, 4.69) is 5.32 Å². The Morgan fingerprint density at radius 1 is 1.00 bits per heavy atom. The molecule has 0 radical (unpaired) electrons. The average Bonchev–Trinajstić information content (AvgIpc) is 3.38. The Balaban J connectivity index is 1.59. The van der Waals surface area contributed by atoms with E-state index in [1.54, 1.807) is 11.0 Å². The minimum atomic E-state index is -0.464. The molecule has 2 saturated carbocycles. The monoisotopic (exact) mass is 324 g/mol. The number of amides is 2. The lowest BCUT2D eigenvalue weighted by atomic mass is 9.94. The summed E-state index contributed by atoms with van der Waals surface area (Å²) < 4.78 is 0. The van der Waals surface area contributed by atoms with Crippen LogP contribution >= 0.6 is 0 Å². The Morgan fingerprint density at radius 2 is 1.71 bits per heavy atom. The molecule has 2 amide bonds. The number of hydrogen-bond donors (Lipinski definition) is 1. The van der Waals surface area contributed by atoms with Crippen molar-refractivity contribution in [1.29, 1.82) is 0 Å². The zero-order valence-corrected chi connectivity index (χ0v) is 13.9. The number of rotatable bonds is 4. The highest BCUT2D eigenvalue weighted by atomic mass is 16.2. The second-order valence-corrected chi connectivity index (χ2v) is 7.19. The summed E-state index contributed by atoms with van der Waals surface area (Å²) in [7, 11) is 0. The van der Waals surface area contributed by atoms with Gasteiger partial charge in [0.25, 0.3) is 0 Å². The first kappa shape index (κ1) is 15.4. The van der Waals surface area contributed by atoms with Crippen molar-refractivity contribution in [2.45, 2.75) is 63.1 Å². The Hall–Kier alpha value is -2.10. The molecule has 0 bridgehead atoms. The minimum Gasteiger partial charge on any atom is -0.351 e. The Kier molecular flexibility index (Phi) is 4.13. The van der Waals surface area contributed by atoms with Crippen molar-refractivity contribution in [2.24, 2.45) is 0 Å². The number of nitrogens with one attached hydrogen (secondary N) is 1. The van der Waals surface area contributed by atoms with Crippen molar-refractivity contribution >= 4 is 17.4 Å². The fraction of sp³-hybridized carbons (Fsp3) is 0.500. The summed E-state index contributed by atoms with van der Waals surface area (Å²) >= 11 is 0. The van der Waals surface area contributed by atoms with Gasteiger partial charge in [-0.1, -0.05) is 49.6 Å². The van der Waals surface area contributed by atoms with Gasteiger partial charge in [0.1, 0.15) is 6.04 Å². The van der Waals surface area contributed by atoms with Crippen molar-refractivity contribution in [1.82, 2.24) is 10.2 Å². The highest BCUT2D eigenvalue weighted by Gasteiger charge is 2.46. The Morgan fingerprint density at radius 3 is 2.38 bits per heavy atom. The van der Waals surface area contributed by atoms with Gasteiger partial charge in [0.15, 0.2) is 0 Å². The molecule has 3 aliphatic rings. The summed E-state index contributed by atoms with van der Waals surface area (Å²) in [4.78, 5) is 27.4. The van der Waals surface area contributed by atoms with Gasteiger partial charge in [-0.3, -0.25) is 9.59 Å². The number of carbonyl (C=O) groups excluding carboxylic acids is 2. The molecule has 4 nitrogen and oxygen atoms in total. The SMILES string of the molecule is O=C(NC1CCCCC1)C1C(c2ccccc2)=CC(=O)N1C1CC1. The van der Waals surface area contributed by atoms with Crippen molar-refractivity contribution in [3.05, 3.63) is 42.0 Å².